The fourth-order valence-corrected chi connectivity index (χ4v) is 3.06. The van der Waals surface area contributed by atoms with Gasteiger partial charge in [-0.2, -0.15) is 13.5 Å². The molecule has 0 saturated carbocycles. The normalized spacial score (nSPS) is 11.3. The zero-order valence-corrected chi connectivity index (χ0v) is 15.6. The third-order valence-electron chi connectivity index (χ3n) is 3.57. The van der Waals surface area contributed by atoms with Gasteiger partial charge in [-0.3, -0.25) is 9.78 Å². The first kappa shape index (κ1) is 19.2. The first-order valence-electron chi connectivity index (χ1n) is 8.15. The summed E-state index contributed by atoms with van der Waals surface area (Å²) in [5.74, 6) is -0.324. The Morgan fingerprint density at radius 3 is 2.43 bits per heavy atom. The van der Waals surface area contributed by atoms with Crippen LogP contribution in [0.15, 0.2) is 77.1 Å². The molecule has 0 atom stereocenters. The predicted molar refractivity (Wildman–Crippen MR) is 103 cm³/mol. The van der Waals surface area contributed by atoms with Crippen LogP contribution in [0.4, 0.5) is 0 Å². The van der Waals surface area contributed by atoms with Gasteiger partial charge in [0, 0.05) is 12.4 Å². The van der Waals surface area contributed by atoms with Crippen molar-refractivity contribution in [3.63, 3.8) is 0 Å². The number of nitrogens with zero attached hydrogens (tertiary/aromatic N) is 3. The van der Waals surface area contributed by atoms with Gasteiger partial charge in [0.15, 0.2) is 0 Å². The van der Waals surface area contributed by atoms with E-state index in [0.29, 0.717) is 5.56 Å². The molecule has 0 aliphatic carbocycles. The molecular weight excluding hydrogens is 380 g/mol. The summed E-state index contributed by atoms with van der Waals surface area (Å²) >= 11 is 0. The van der Waals surface area contributed by atoms with Crippen LogP contribution in [0, 0.1) is 6.92 Å². The number of hydrogen-bond donors (Lipinski definition) is 1. The van der Waals surface area contributed by atoms with E-state index in [1.165, 1.54) is 49.1 Å². The van der Waals surface area contributed by atoms with Crippen molar-refractivity contribution in [3.8, 4) is 5.75 Å². The third kappa shape index (κ3) is 4.98. The summed E-state index contributed by atoms with van der Waals surface area (Å²) < 4.78 is 29.7. The molecule has 1 N–H and O–H groups in total. The van der Waals surface area contributed by atoms with Crippen molar-refractivity contribution in [2.45, 2.75) is 11.8 Å². The van der Waals surface area contributed by atoms with Gasteiger partial charge in [-0.1, -0.05) is 17.7 Å². The quantitative estimate of drug-likeness (QED) is 0.389. The number of amides is 1. The first-order chi connectivity index (χ1) is 13.4. The average Bonchev–Trinajstić information content (AvgIpc) is 2.70. The smallest absolute Gasteiger partial charge is 0.339 e. The number of hydrogen-bond acceptors (Lipinski definition) is 7. The highest BCUT2D eigenvalue weighted by molar-refractivity contribution is 7.87. The van der Waals surface area contributed by atoms with Crippen molar-refractivity contribution in [1.82, 2.24) is 15.4 Å². The van der Waals surface area contributed by atoms with E-state index in [1.807, 2.05) is 6.92 Å². The average molecular weight is 396 g/mol. The Hall–Kier alpha value is -3.59. The van der Waals surface area contributed by atoms with Crippen molar-refractivity contribution < 1.29 is 17.4 Å². The Kier molecular flexibility index (Phi) is 5.75. The molecule has 1 heterocycles. The van der Waals surface area contributed by atoms with E-state index in [9.17, 15) is 13.2 Å². The summed E-state index contributed by atoms with van der Waals surface area (Å²) in [6, 6.07) is 12.6. The molecule has 0 fully saturated rings. The molecule has 0 aliphatic rings. The van der Waals surface area contributed by atoms with Crippen LogP contribution in [0.2, 0.25) is 0 Å². The number of carbonyl (C=O) groups is 1. The summed E-state index contributed by atoms with van der Waals surface area (Å²) in [7, 11) is -3.91. The molecule has 1 aromatic heterocycles. The molecule has 28 heavy (non-hydrogen) atoms. The lowest BCUT2D eigenvalue weighted by atomic mass is 10.2. The van der Waals surface area contributed by atoms with Gasteiger partial charge >= 0.3 is 10.1 Å². The van der Waals surface area contributed by atoms with Crippen molar-refractivity contribution >= 4 is 22.2 Å². The zero-order chi connectivity index (χ0) is 20.0. The number of aryl methyl sites for hydroxylation is 1. The summed E-state index contributed by atoms with van der Waals surface area (Å²) in [6.07, 6.45) is 5.60. The highest BCUT2D eigenvalue weighted by atomic mass is 32.2. The summed E-state index contributed by atoms with van der Waals surface area (Å²) in [5, 5.41) is 3.83. The Morgan fingerprint density at radius 2 is 1.79 bits per heavy atom. The lowest BCUT2D eigenvalue weighted by molar-refractivity contribution is 0.0949. The van der Waals surface area contributed by atoms with E-state index in [1.54, 1.807) is 24.3 Å². The van der Waals surface area contributed by atoms with Gasteiger partial charge in [0.1, 0.15) is 16.3 Å². The molecule has 142 valence electrons. The lowest BCUT2D eigenvalue weighted by Crippen LogP contribution is -2.19. The maximum absolute atomic E-state index is 12.3. The Balaban J connectivity index is 1.62. The molecule has 0 radical (unpaired) electrons. The molecule has 2 aromatic carbocycles. The van der Waals surface area contributed by atoms with Crippen LogP contribution in [0.5, 0.6) is 5.75 Å². The number of carbonyl (C=O) groups excluding carboxylic acids is 1. The predicted octanol–water partition coefficient (Wildman–Crippen LogP) is 2.32. The minimum atomic E-state index is -3.91. The zero-order valence-electron chi connectivity index (χ0n) is 14.8. The summed E-state index contributed by atoms with van der Waals surface area (Å²) in [5.41, 5.74) is 4.06. The van der Waals surface area contributed by atoms with Crippen LogP contribution < -0.4 is 9.61 Å². The fourth-order valence-electron chi connectivity index (χ4n) is 2.13. The van der Waals surface area contributed by atoms with Crippen LogP contribution in [0.3, 0.4) is 0 Å². The van der Waals surface area contributed by atoms with Crippen molar-refractivity contribution in [3.05, 3.63) is 83.9 Å². The molecular formula is C19H16N4O4S. The lowest BCUT2D eigenvalue weighted by Gasteiger charge is -2.07. The van der Waals surface area contributed by atoms with Gasteiger partial charge < -0.3 is 4.18 Å². The van der Waals surface area contributed by atoms with Gasteiger partial charge in [0.05, 0.1) is 12.4 Å². The van der Waals surface area contributed by atoms with Crippen LogP contribution in [0.25, 0.3) is 0 Å². The highest BCUT2D eigenvalue weighted by Gasteiger charge is 2.16. The van der Waals surface area contributed by atoms with E-state index < -0.39 is 16.0 Å². The maximum Gasteiger partial charge on any atom is 0.339 e. The van der Waals surface area contributed by atoms with Crippen LogP contribution in [-0.2, 0) is 10.1 Å². The monoisotopic (exact) mass is 396 g/mol. The third-order valence-corrected chi connectivity index (χ3v) is 4.83. The fraction of sp³-hybridized carbons (Fsp3) is 0.0526. The molecule has 9 heteroatoms. The number of hydrazone groups is 1. The molecule has 1 amide bonds. The van der Waals surface area contributed by atoms with Gasteiger partial charge in [-0.05, 0) is 48.9 Å². The minimum Gasteiger partial charge on any atom is -0.379 e. The van der Waals surface area contributed by atoms with E-state index in [2.05, 4.69) is 20.5 Å². The molecule has 8 nitrogen and oxygen atoms in total. The second-order valence-electron chi connectivity index (χ2n) is 5.71. The molecule has 0 aliphatic heterocycles. The van der Waals surface area contributed by atoms with E-state index >= 15 is 0 Å². The van der Waals surface area contributed by atoms with Gasteiger partial charge in [0.25, 0.3) is 5.91 Å². The van der Waals surface area contributed by atoms with Gasteiger partial charge in [-0.15, -0.1) is 0 Å². The van der Waals surface area contributed by atoms with E-state index in [0.717, 1.165) is 5.56 Å². The van der Waals surface area contributed by atoms with Gasteiger partial charge in [0.2, 0.25) is 0 Å². The molecule has 0 unspecified atom stereocenters. The Morgan fingerprint density at radius 1 is 1.07 bits per heavy atom. The molecule has 0 spiro atoms. The second kappa shape index (κ2) is 8.40. The number of aromatic nitrogens is 2. The van der Waals surface area contributed by atoms with Crippen molar-refractivity contribution in [2.75, 3.05) is 0 Å². The van der Waals surface area contributed by atoms with Crippen molar-refractivity contribution in [1.29, 1.82) is 0 Å². The van der Waals surface area contributed by atoms with Crippen LogP contribution in [-0.4, -0.2) is 30.5 Å². The second-order valence-corrected chi connectivity index (χ2v) is 7.26. The highest BCUT2D eigenvalue weighted by Crippen LogP contribution is 2.19. The largest absolute Gasteiger partial charge is 0.379 e. The maximum atomic E-state index is 12.3. The number of benzene rings is 2. The van der Waals surface area contributed by atoms with Crippen molar-refractivity contribution in [2.24, 2.45) is 5.10 Å². The Bertz CT molecular complexity index is 1080. The van der Waals surface area contributed by atoms with Crippen LogP contribution in [0.1, 0.15) is 21.6 Å². The SMILES string of the molecule is Cc1ccc(S(=O)(=O)Oc2ccc(/C=N/NC(=O)c3cnccn3)cc2)cc1. The molecule has 0 saturated heterocycles. The summed E-state index contributed by atoms with van der Waals surface area (Å²) in [6.45, 7) is 1.87. The summed E-state index contributed by atoms with van der Waals surface area (Å²) in [4.78, 5) is 19.5. The Labute approximate surface area is 162 Å². The van der Waals surface area contributed by atoms with Crippen LogP contribution >= 0.6 is 0 Å². The first-order valence-corrected chi connectivity index (χ1v) is 9.55. The standard InChI is InChI=1S/C19H16N4O4S/c1-14-2-8-17(9-3-14)28(25,26)27-16-6-4-15(5-7-16)12-22-23-19(24)18-13-20-10-11-21-18/h2-13H,1H3,(H,23,24)/b22-12+. The topological polar surface area (TPSA) is 111 Å². The van der Waals surface area contributed by atoms with E-state index in [-0.39, 0.29) is 16.3 Å². The molecule has 3 aromatic rings. The van der Waals surface area contributed by atoms with Gasteiger partial charge in [-0.25, -0.2) is 10.4 Å². The number of rotatable bonds is 6. The number of nitrogens with one attached hydrogen (secondary N) is 1. The molecule has 3 rings (SSSR count). The minimum absolute atomic E-state index is 0.0791. The van der Waals surface area contributed by atoms with E-state index in [4.69, 9.17) is 4.18 Å². The molecule has 0 bridgehead atoms.